The van der Waals surface area contributed by atoms with Crippen molar-refractivity contribution in [3.8, 4) is 0 Å². The molecule has 7 heteroatoms. The van der Waals surface area contributed by atoms with E-state index in [-0.39, 0.29) is 11.5 Å². The molecule has 2 saturated heterocycles. The molecule has 1 unspecified atom stereocenters. The fraction of sp³-hybridized carbons (Fsp3) is 0.542. The first-order valence-electron chi connectivity index (χ1n) is 11.5. The van der Waals surface area contributed by atoms with Gasteiger partial charge in [0.25, 0.3) is 11.5 Å². The number of aryl methyl sites for hydroxylation is 1. The second-order valence-corrected chi connectivity index (χ2v) is 8.58. The molecule has 0 saturated carbocycles. The van der Waals surface area contributed by atoms with E-state index in [9.17, 15) is 9.59 Å². The van der Waals surface area contributed by atoms with Crippen LogP contribution in [0.3, 0.4) is 0 Å². The molecule has 1 amide bonds. The van der Waals surface area contributed by atoms with E-state index in [0.29, 0.717) is 24.2 Å². The molecule has 2 aromatic rings. The Hall–Kier alpha value is -2.67. The van der Waals surface area contributed by atoms with E-state index in [1.54, 1.807) is 0 Å². The number of amides is 1. The van der Waals surface area contributed by atoms with Gasteiger partial charge in [-0.15, -0.1) is 0 Å². The van der Waals surface area contributed by atoms with Crippen LogP contribution in [-0.4, -0.2) is 59.5 Å². The molecule has 4 heterocycles. The van der Waals surface area contributed by atoms with Crippen LogP contribution in [0.2, 0.25) is 0 Å². The van der Waals surface area contributed by atoms with Gasteiger partial charge in [-0.05, 0) is 57.4 Å². The average Bonchev–Trinajstić information content (AvgIpc) is 3.30. The van der Waals surface area contributed by atoms with Crippen molar-refractivity contribution in [2.24, 2.45) is 0 Å². The molecule has 4 rings (SSSR count). The Morgan fingerprint density at radius 1 is 1.13 bits per heavy atom. The molecule has 2 fully saturated rings. The van der Waals surface area contributed by atoms with Crippen molar-refractivity contribution in [3.05, 3.63) is 57.8 Å². The standard InChI is InChI=1S/C24H33N5O2/c1-3-17-5-7-21(27-23(17)30)18-9-12-29(16-18)19-10-13-28(14-11-19)20-6-8-22(26-15-20)24(31)25-4-2/h5-8,15,18-19H,3-4,9-14,16H2,1-2H3,(H,25,31)(H,27,30). The first-order valence-corrected chi connectivity index (χ1v) is 11.5. The summed E-state index contributed by atoms with van der Waals surface area (Å²) in [4.78, 5) is 36.5. The molecule has 0 spiro atoms. The number of H-pyrrole nitrogens is 1. The van der Waals surface area contributed by atoms with Crippen LogP contribution >= 0.6 is 0 Å². The molecular weight excluding hydrogens is 390 g/mol. The van der Waals surface area contributed by atoms with E-state index >= 15 is 0 Å². The number of rotatable bonds is 6. The molecule has 31 heavy (non-hydrogen) atoms. The topological polar surface area (TPSA) is 81.3 Å². The van der Waals surface area contributed by atoms with Gasteiger partial charge in [-0.2, -0.15) is 0 Å². The molecule has 2 aliphatic heterocycles. The highest BCUT2D eigenvalue weighted by atomic mass is 16.1. The highest BCUT2D eigenvalue weighted by Crippen LogP contribution is 2.30. The highest BCUT2D eigenvalue weighted by Gasteiger charge is 2.32. The average molecular weight is 424 g/mol. The molecule has 0 bridgehead atoms. The summed E-state index contributed by atoms with van der Waals surface area (Å²) in [5, 5.41) is 2.78. The van der Waals surface area contributed by atoms with Crippen molar-refractivity contribution >= 4 is 11.6 Å². The molecule has 2 aromatic heterocycles. The lowest BCUT2D eigenvalue weighted by atomic mass is 10.0. The summed E-state index contributed by atoms with van der Waals surface area (Å²) in [6.07, 6.45) is 5.93. The van der Waals surface area contributed by atoms with E-state index in [1.807, 2.05) is 38.2 Å². The predicted molar refractivity (Wildman–Crippen MR) is 123 cm³/mol. The molecule has 0 radical (unpaired) electrons. The smallest absolute Gasteiger partial charge is 0.269 e. The van der Waals surface area contributed by atoms with Gasteiger partial charge < -0.3 is 15.2 Å². The maximum absolute atomic E-state index is 12.2. The normalized spacial score (nSPS) is 20.2. The first kappa shape index (κ1) is 21.6. The Kier molecular flexibility index (Phi) is 6.70. The summed E-state index contributed by atoms with van der Waals surface area (Å²) in [7, 11) is 0. The summed E-state index contributed by atoms with van der Waals surface area (Å²) in [6.45, 7) is 8.63. The van der Waals surface area contributed by atoms with Crippen LogP contribution in [-0.2, 0) is 6.42 Å². The number of aromatic nitrogens is 2. The van der Waals surface area contributed by atoms with E-state index in [1.165, 1.54) is 0 Å². The number of carbonyl (C=O) groups excluding carboxylic acids is 1. The van der Waals surface area contributed by atoms with Gasteiger partial charge in [-0.25, -0.2) is 4.98 Å². The van der Waals surface area contributed by atoms with Gasteiger partial charge in [0, 0.05) is 49.4 Å². The maximum Gasteiger partial charge on any atom is 0.269 e. The molecule has 166 valence electrons. The van der Waals surface area contributed by atoms with Crippen molar-refractivity contribution in [2.45, 2.75) is 51.5 Å². The molecule has 0 aromatic carbocycles. The quantitative estimate of drug-likeness (QED) is 0.746. The van der Waals surface area contributed by atoms with Crippen LogP contribution < -0.4 is 15.8 Å². The minimum Gasteiger partial charge on any atom is -0.370 e. The van der Waals surface area contributed by atoms with Crippen molar-refractivity contribution in [1.29, 1.82) is 0 Å². The first-order chi connectivity index (χ1) is 15.1. The predicted octanol–water partition coefficient (Wildman–Crippen LogP) is 2.54. The van der Waals surface area contributed by atoms with Crippen LogP contribution in [0.1, 0.15) is 60.8 Å². The minimum atomic E-state index is -0.123. The summed E-state index contributed by atoms with van der Waals surface area (Å²) in [6, 6.07) is 8.49. The zero-order chi connectivity index (χ0) is 21.8. The number of hydrogen-bond acceptors (Lipinski definition) is 5. The maximum atomic E-state index is 12.2. The van der Waals surface area contributed by atoms with Crippen LogP contribution in [0.25, 0.3) is 0 Å². The Labute approximate surface area is 183 Å². The van der Waals surface area contributed by atoms with Crippen molar-refractivity contribution in [2.75, 3.05) is 37.6 Å². The van der Waals surface area contributed by atoms with Crippen molar-refractivity contribution in [3.63, 3.8) is 0 Å². The van der Waals surface area contributed by atoms with Crippen LogP contribution in [0.15, 0.2) is 35.3 Å². The summed E-state index contributed by atoms with van der Waals surface area (Å²) in [5.41, 5.74) is 3.56. The number of hydrogen-bond donors (Lipinski definition) is 2. The lowest BCUT2D eigenvalue weighted by Crippen LogP contribution is -2.44. The summed E-state index contributed by atoms with van der Waals surface area (Å²) in [5.74, 6) is 0.296. The summed E-state index contributed by atoms with van der Waals surface area (Å²) >= 11 is 0. The lowest BCUT2D eigenvalue weighted by Gasteiger charge is -2.37. The third-order valence-electron chi connectivity index (χ3n) is 6.72. The van der Waals surface area contributed by atoms with Gasteiger partial charge in [0.2, 0.25) is 0 Å². The highest BCUT2D eigenvalue weighted by molar-refractivity contribution is 5.92. The van der Waals surface area contributed by atoms with E-state index < -0.39 is 0 Å². The second kappa shape index (κ2) is 9.64. The van der Waals surface area contributed by atoms with Crippen molar-refractivity contribution < 1.29 is 4.79 Å². The van der Waals surface area contributed by atoms with Gasteiger partial charge in [-0.3, -0.25) is 14.5 Å². The Bertz CT molecular complexity index is 947. The Balaban J connectivity index is 1.31. The van der Waals surface area contributed by atoms with Gasteiger partial charge in [0.1, 0.15) is 5.69 Å². The van der Waals surface area contributed by atoms with E-state index in [2.05, 4.69) is 31.2 Å². The molecular formula is C24H33N5O2. The van der Waals surface area contributed by atoms with Crippen molar-refractivity contribution in [1.82, 2.24) is 20.2 Å². The van der Waals surface area contributed by atoms with Gasteiger partial charge in [0.15, 0.2) is 0 Å². The monoisotopic (exact) mass is 423 g/mol. The molecule has 2 N–H and O–H groups in total. The zero-order valence-electron chi connectivity index (χ0n) is 18.6. The van der Waals surface area contributed by atoms with E-state index in [0.717, 1.165) is 68.8 Å². The number of piperidine rings is 1. The minimum absolute atomic E-state index is 0.0681. The number of nitrogens with one attached hydrogen (secondary N) is 2. The third-order valence-corrected chi connectivity index (χ3v) is 6.72. The molecule has 2 aliphatic rings. The number of carbonyl (C=O) groups is 1. The largest absolute Gasteiger partial charge is 0.370 e. The van der Waals surface area contributed by atoms with Gasteiger partial charge in [0.05, 0.1) is 11.9 Å². The zero-order valence-corrected chi connectivity index (χ0v) is 18.6. The summed E-state index contributed by atoms with van der Waals surface area (Å²) < 4.78 is 0. The molecule has 1 atom stereocenters. The van der Waals surface area contributed by atoms with E-state index in [4.69, 9.17) is 0 Å². The molecule has 7 nitrogen and oxygen atoms in total. The number of anilines is 1. The molecule has 0 aliphatic carbocycles. The fourth-order valence-electron chi connectivity index (χ4n) is 4.86. The van der Waals surface area contributed by atoms with Gasteiger partial charge >= 0.3 is 0 Å². The number of pyridine rings is 2. The van der Waals surface area contributed by atoms with Crippen LogP contribution in [0.4, 0.5) is 5.69 Å². The van der Waals surface area contributed by atoms with Crippen LogP contribution in [0.5, 0.6) is 0 Å². The number of likely N-dealkylation sites (tertiary alicyclic amines) is 1. The fourth-order valence-corrected chi connectivity index (χ4v) is 4.86. The SMILES string of the molecule is CCNC(=O)c1ccc(N2CCC(N3CCC(c4ccc(CC)c(=O)[nH]4)C3)CC2)cn1. The second-order valence-electron chi connectivity index (χ2n) is 8.58. The number of aromatic amines is 1. The Morgan fingerprint density at radius 3 is 2.58 bits per heavy atom. The third kappa shape index (κ3) is 4.82. The number of nitrogens with zero attached hydrogens (tertiary/aromatic N) is 3. The van der Waals surface area contributed by atoms with Crippen LogP contribution in [0, 0.1) is 0 Å². The van der Waals surface area contributed by atoms with Gasteiger partial charge in [-0.1, -0.05) is 13.0 Å². The Morgan fingerprint density at radius 2 is 1.94 bits per heavy atom. The lowest BCUT2D eigenvalue weighted by molar-refractivity contribution is 0.0951.